The van der Waals surface area contributed by atoms with Gasteiger partial charge in [-0.05, 0) is 31.0 Å². The molecule has 0 fully saturated rings. The van der Waals surface area contributed by atoms with E-state index in [0.29, 0.717) is 12.8 Å². The smallest absolute Gasteiger partial charge is 0.303 e. The molecular weight excluding hydrogens is 297 g/mol. The molecule has 0 bridgehead atoms. The third-order valence-electron chi connectivity index (χ3n) is 2.29. The molecule has 1 aromatic rings. The first-order valence-corrected chi connectivity index (χ1v) is 7.35. The number of carbonyl (C=O) groups is 1. The van der Waals surface area contributed by atoms with E-state index >= 15 is 0 Å². The molecule has 1 rings (SSSR count). The molecule has 0 unspecified atom stereocenters. The van der Waals surface area contributed by atoms with Gasteiger partial charge < -0.3 is 5.11 Å². The van der Waals surface area contributed by atoms with Crippen LogP contribution in [0.1, 0.15) is 19.3 Å². The van der Waals surface area contributed by atoms with Gasteiger partial charge in [-0.3, -0.25) is 4.79 Å². The maximum absolute atomic E-state index is 12.8. The van der Waals surface area contributed by atoms with Crippen molar-refractivity contribution < 1.29 is 22.7 Å². The highest BCUT2D eigenvalue weighted by Gasteiger charge is 2.17. The van der Waals surface area contributed by atoms with E-state index < -0.39 is 21.8 Å². The van der Waals surface area contributed by atoms with E-state index in [0.717, 1.165) is 18.2 Å². The van der Waals surface area contributed by atoms with E-state index in [4.69, 9.17) is 16.7 Å². The average Bonchev–Trinajstić information content (AvgIpc) is 2.27. The summed E-state index contributed by atoms with van der Waals surface area (Å²) in [4.78, 5) is 10.1. The van der Waals surface area contributed by atoms with Gasteiger partial charge in [0.25, 0.3) is 0 Å². The molecule has 0 heterocycles. The number of hydrogen-bond donors (Lipinski definition) is 2. The maximum atomic E-state index is 12.8. The van der Waals surface area contributed by atoms with Gasteiger partial charge in [0.1, 0.15) is 10.7 Å². The number of sulfonamides is 1. The van der Waals surface area contributed by atoms with Crippen LogP contribution in [-0.4, -0.2) is 26.0 Å². The second kappa shape index (κ2) is 6.83. The second-order valence-electron chi connectivity index (χ2n) is 3.82. The molecule has 19 heavy (non-hydrogen) atoms. The lowest BCUT2D eigenvalue weighted by Crippen LogP contribution is -2.25. The summed E-state index contributed by atoms with van der Waals surface area (Å²) in [5, 5.41) is 8.23. The zero-order valence-corrected chi connectivity index (χ0v) is 11.5. The van der Waals surface area contributed by atoms with Gasteiger partial charge in [0, 0.05) is 13.0 Å². The predicted molar refractivity (Wildman–Crippen MR) is 68.1 cm³/mol. The minimum atomic E-state index is -3.80. The van der Waals surface area contributed by atoms with Gasteiger partial charge in [0.15, 0.2) is 0 Å². The molecule has 0 spiro atoms. The Kier molecular flexibility index (Phi) is 5.71. The molecule has 0 aliphatic rings. The molecule has 0 aliphatic heterocycles. The Morgan fingerprint density at radius 2 is 2.05 bits per heavy atom. The van der Waals surface area contributed by atoms with Crippen LogP contribution >= 0.6 is 11.6 Å². The third kappa shape index (κ3) is 5.14. The number of hydrogen-bond acceptors (Lipinski definition) is 3. The molecule has 1 aromatic carbocycles. The van der Waals surface area contributed by atoms with Crippen LogP contribution in [0.4, 0.5) is 4.39 Å². The summed E-state index contributed by atoms with van der Waals surface area (Å²) in [6.45, 7) is 0.101. The zero-order valence-electron chi connectivity index (χ0n) is 9.90. The van der Waals surface area contributed by atoms with Crippen molar-refractivity contribution in [2.75, 3.05) is 6.54 Å². The number of aliphatic carboxylic acids is 1. The minimum Gasteiger partial charge on any atom is -0.481 e. The van der Waals surface area contributed by atoms with Crippen molar-refractivity contribution in [1.82, 2.24) is 4.72 Å². The number of rotatable bonds is 7. The predicted octanol–water partition coefficient (Wildman–Crippen LogP) is 2.01. The molecule has 106 valence electrons. The van der Waals surface area contributed by atoms with E-state index in [9.17, 15) is 17.6 Å². The van der Waals surface area contributed by atoms with Gasteiger partial charge in [0.05, 0.1) is 5.02 Å². The monoisotopic (exact) mass is 309 g/mol. The lowest BCUT2D eigenvalue weighted by Gasteiger charge is -2.08. The van der Waals surface area contributed by atoms with Gasteiger partial charge in [-0.1, -0.05) is 11.6 Å². The average molecular weight is 310 g/mol. The highest BCUT2D eigenvalue weighted by molar-refractivity contribution is 7.89. The Labute approximate surface area is 115 Å². The van der Waals surface area contributed by atoms with Gasteiger partial charge in [-0.2, -0.15) is 0 Å². The molecule has 0 saturated carbocycles. The summed E-state index contributed by atoms with van der Waals surface area (Å²) in [7, 11) is -3.80. The van der Waals surface area contributed by atoms with Crippen molar-refractivity contribution in [2.24, 2.45) is 0 Å². The van der Waals surface area contributed by atoms with Crippen LogP contribution in [-0.2, 0) is 14.8 Å². The first-order valence-electron chi connectivity index (χ1n) is 5.49. The van der Waals surface area contributed by atoms with Gasteiger partial charge in [-0.15, -0.1) is 0 Å². The summed E-state index contributed by atoms with van der Waals surface area (Å²) < 4.78 is 38.7. The normalized spacial score (nSPS) is 11.5. The fourth-order valence-electron chi connectivity index (χ4n) is 1.38. The molecule has 0 radical (unpaired) electrons. The molecule has 0 aromatic heterocycles. The molecule has 0 aliphatic carbocycles. The van der Waals surface area contributed by atoms with Crippen LogP contribution in [0.2, 0.25) is 5.02 Å². The second-order valence-corrected chi connectivity index (χ2v) is 5.97. The van der Waals surface area contributed by atoms with Crippen LogP contribution in [0.5, 0.6) is 0 Å². The minimum absolute atomic E-state index is 0.0148. The SMILES string of the molecule is O=C(O)CCCCNS(=O)(=O)c1ccc(F)cc1Cl. The van der Waals surface area contributed by atoms with Crippen molar-refractivity contribution in [3.63, 3.8) is 0 Å². The van der Waals surface area contributed by atoms with Crippen molar-refractivity contribution in [2.45, 2.75) is 24.2 Å². The van der Waals surface area contributed by atoms with E-state index in [1.54, 1.807) is 0 Å². The fourth-order valence-corrected chi connectivity index (χ4v) is 2.98. The van der Waals surface area contributed by atoms with E-state index in [2.05, 4.69) is 4.72 Å². The highest BCUT2D eigenvalue weighted by atomic mass is 35.5. The molecule has 0 saturated heterocycles. The van der Waals surface area contributed by atoms with Gasteiger partial charge >= 0.3 is 5.97 Å². The molecule has 8 heteroatoms. The van der Waals surface area contributed by atoms with Crippen molar-refractivity contribution in [3.05, 3.63) is 29.0 Å². The number of carboxylic acids is 1. The number of halogens is 2. The van der Waals surface area contributed by atoms with Crippen LogP contribution in [0.15, 0.2) is 23.1 Å². The lowest BCUT2D eigenvalue weighted by molar-refractivity contribution is -0.137. The van der Waals surface area contributed by atoms with Crippen LogP contribution in [0, 0.1) is 5.82 Å². The highest BCUT2D eigenvalue weighted by Crippen LogP contribution is 2.21. The number of carboxylic acid groups (broad SMARTS) is 1. The van der Waals surface area contributed by atoms with E-state index in [1.807, 2.05) is 0 Å². The molecule has 5 nitrogen and oxygen atoms in total. The number of nitrogens with one attached hydrogen (secondary N) is 1. The quantitative estimate of drug-likeness (QED) is 0.755. The van der Waals surface area contributed by atoms with Crippen molar-refractivity contribution in [3.8, 4) is 0 Å². The van der Waals surface area contributed by atoms with Crippen LogP contribution < -0.4 is 4.72 Å². The Morgan fingerprint density at radius 3 is 2.63 bits per heavy atom. The zero-order chi connectivity index (χ0) is 14.5. The Balaban J connectivity index is 2.59. The standard InChI is InChI=1S/C11H13ClFNO4S/c12-9-7-8(13)4-5-10(9)19(17,18)14-6-2-1-3-11(15)16/h4-5,7,14H,1-3,6H2,(H,15,16). The third-order valence-corrected chi connectivity index (χ3v) is 4.24. The topological polar surface area (TPSA) is 83.5 Å². The molecular formula is C11H13ClFNO4S. The molecule has 2 N–H and O–H groups in total. The van der Waals surface area contributed by atoms with E-state index in [1.165, 1.54) is 0 Å². The molecule has 0 atom stereocenters. The van der Waals surface area contributed by atoms with Gasteiger partial charge in [-0.25, -0.2) is 17.5 Å². The van der Waals surface area contributed by atoms with Gasteiger partial charge in [0.2, 0.25) is 10.0 Å². The summed E-state index contributed by atoms with van der Waals surface area (Å²) in [5.41, 5.74) is 0. The fraction of sp³-hybridized carbons (Fsp3) is 0.364. The number of benzene rings is 1. The Bertz CT molecular complexity index is 562. The largest absolute Gasteiger partial charge is 0.481 e. The lowest BCUT2D eigenvalue weighted by atomic mass is 10.2. The van der Waals surface area contributed by atoms with Crippen molar-refractivity contribution >= 4 is 27.6 Å². The first kappa shape index (κ1) is 15.9. The summed E-state index contributed by atoms with van der Waals surface area (Å²) in [6, 6.07) is 3.00. The first-order chi connectivity index (χ1) is 8.83. The van der Waals surface area contributed by atoms with E-state index in [-0.39, 0.29) is 22.9 Å². The maximum Gasteiger partial charge on any atom is 0.303 e. The molecule has 0 amide bonds. The summed E-state index contributed by atoms with van der Waals surface area (Å²) in [5.74, 6) is -1.55. The Morgan fingerprint density at radius 1 is 1.37 bits per heavy atom. The summed E-state index contributed by atoms with van der Waals surface area (Å²) in [6.07, 6.45) is 0.748. The summed E-state index contributed by atoms with van der Waals surface area (Å²) >= 11 is 5.66. The van der Waals surface area contributed by atoms with Crippen molar-refractivity contribution in [1.29, 1.82) is 0 Å². The van der Waals surface area contributed by atoms with Crippen LogP contribution in [0.25, 0.3) is 0 Å². The van der Waals surface area contributed by atoms with Crippen LogP contribution in [0.3, 0.4) is 0 Å². The Hall–Kier alpha value is -1.18. The number of unbranched alkanes of at least 4 members (excludes halogenated alkanes) is 1.